The molecule has 7 heteroatoms. The van der Waals surface area contributed by atoms with Crippen molar-refractivity contribution in [2.45, 2.75) is 5.03 Å². The van der Waals surface area contributed by atoms with E-state index >= 15 is 0 Å². The third-order valence-corrected chi connectivity index (χ3v) is 3.02. The van der Waals surface area contributed by atoms with Gasteiger partial charge in [0.05, 0.1) is 10.6 Å². The van der Waals surface area contributed by atoms with Gasteiger partial charge in [0.25, 0.3) is 5.56 Å². The van der Waals surface area contributed by atoms with Crippen LogP contribution in [0.3, 0.4) is 0 Å². The topological polar surface area (TPSA) is 76.6 Å². The number of aliphatic imine (C=N–C) groups is 1. The molecular weight excluding hydrogens is 230 g/mol. The van der Waals surface area contributed by atoms with Gasteiger partial charge in [-0.3, -0.25) is 18.9 Å². The van der Waals surface area contributed by atoms with Gasteiger partial charge in [-0.25, -0.2) is 4.79 Å². The van der Waals surface area contributed by atoms with Crippen molar-refractivity contribution in [2.24, 2.45) is 19.1 Å². The van der Waals surface area contributed by atoms with Gasteiger partial charge in [0, 0.05) is 20.3 Å². The fourth-order valence-electron chi connectivity index (χ4n) is 1.34. The lowest BCUT2D eigenvalue weighted by molar-refractivity contribution is 0.310. The van der Waals surface area contributed by atoms with Gasteiger partial charge in [-0.1, -0.05) is 0 Å². The van der Waals surface area contributed by atoms with Crippen LogP contribution in [0.1, 0.15) is 5.56 Å². The summed E-state index contributed by atoms with van der Waals surface area (Å²) in [6, 6.07) is 0. The molecule has 1 N–H and O–H groups in total. The number of aromatic nitrogens is 2. The zero-order valence-corrected chi connectivity index (χ0v) is 10.1. The molecule has 0 saturated carbocycles. The van der Waals surface area contributed by atoms with E-state index in [1.54, 1.807) is 13.3 Å². The first-order chi connectivity index (χ1) is 7.54. The Hall–Kier alpha value is -1.34. The van der Waals surface area contributed by atoms with Crippen molar-refractivity contribution in [1.82, 2.24) is 9.13 Å². The second-order valence-corrected chi connectivity index (χ2v) is 3.88. The lowest BCUT2D eigenvalue weighted by Crippen LogP contribution is -2.39. The Kier molecular flexibility index (Phi) is 4.08. The molecule has 0 fully saturated rings. The second kappa shape index (κ2) is 5.13. The van der Waals surface area contributed by atoms with Crippen LogP contribution in [0.25, 0.3) is 0 Å². The number of thioether (sulfide) groups is 1. The molecule has 0 aliphatic carbocycles. The summed E-state index contributed by atoms with van der Waals surface area (Å²) in [6.45, 7) is -0.389. The SMILES string of the molecule is CSc1c(C=NCO)c(=O)n(C)c(=O)n1C. The molecule has 0 unspecified atom stereocenters. The third kappa shape index (κ3) is 2.10. The molecule has 1 rings (SSSR count). The molecule has 0 radical (unpaired) electrons. The molecule has 6 nitrogen and oxygen atoms in total. The fraction of sp³-hybridized carbons (Fsp3) is 0.444. The molecule has 0 aromatic carbocycles. The summed E-state index contributed by atoms with van der Waals surface area (Å²) in [5, 5.41) is 9.13. The Bertz CT molecular complexity index is 530. The summed E-state index contributed by atoms with van der Waals surface area (Å²) in [7, 11) is 2.99. The van der Waals surface area contributed by atoms with E-state index in [9.17, 15) is 9.59 Å². The van der Waals surface area contributed by atoms with E-state index in [0.29, 0.717) is 10.6 Å². The number of rotatable bonds is 3. The first kappa shape index (κ1) is 12.7. The molecule has 0 aliphatic rings. The van der Waals surface area contributed by atoms with E-state index in [-0.39, 0.29) is 12.4 Å². The normalized spacial score (nSPS) is 11.2. The molecular formula is C9H13N3O3S. The van der Waals surface area contributed by atoms with Crippen molar-refractivity contribution in [3.8, 4) is 0 Å². The molecule has 0 atom stereocenters. The summed E-state index contributed by atoms with van der Waals surface area (Å²) in [5.41, 5.74) is -0.480. The average molecular weight is 243 g/mol. The summed E-state index contributed by atoms with van der Waals surface area (Å²) >= 11 is 1.29. The van der Waals surface area contributed by atoms with Crippen molar-refractivity contribution in [1.29, 1.82) is 0 Å². The predicted molar refractivity (Wildman–Crippen MR) is 63.4 cm³/mol. The maximum Gasteiger partial charge on any atom is 0.331 e. The molecule has 1 aromatic rings. The summed E-state index contributed by atoms with van der Waals surface area (Å²) in [4.78, 5) is 27.0. The van der Waals surface area contributed by atoms with Crippen LogP contribution < -0.4 is 11.2 Å². The first-order valence-electron chi connectivity index (χ1n) is 4.49. The quantitative estimate of drug-likeness (QED) is 0.427. The Morgan fingerprint density at radius 3 is 2.50 bits per heavy atom. The molecule has 0 aliphatic heterocycles. The highest BCUT2D eigenvalue weighted by molar-refractivity contribution is 7.98. The van der Waals surface area contributed by atoms with Gasteiger partial charge in [0.2, 0.25) is 0 Å². The number of hydrogen-bond donors (Lipinski definition) is 1. The van der Waals surface area contributed by atoms with Crippen molar-refractivity contribution in [3.63, 3.8) is 0 Å². The molecule has 0 amide bonds. The van der Waals surface area contributed by atoms with Gasteiger partial charge >= 0.3 is 5.69 Å². The molecule has 0 spiro atoms. The highest BCUT2D eigenvalue weighted by atomic mass is 32.2. The lowest BCUT2D eigenvalue weighted by Gasteiger charge is -2.10. The molecule has 88 valence electrons. The van der Waals surface area contributed by atoms with E-state index in [1.807, 2.05) is 0 Å². The van der Waals surface area contributed by atoms with Crippen molar-refractivity contribution in [2.75, 3.05) is 13.0 Å². The second-order valence-electron chi connectivity index (χ2n) is 3.08. The molecule has 0 bridgehead atoms. The number of aliphatic hydroxyl groups excluding tert-OH is 1. The van der Waals surface area contributed by atoms with E-state index in [2.05, 4.69) is 4.99 Å². The highest BCUT2D eigenvalue weighted by Gasteiger charge is 2.12. The Balaban J connectivity index is 3.65. The Morgan fingerprint density at radius 2 is 2.00 bits per heavy atom. The van der Waals surface area contributed by atoms with Crippen molar-refractivity contribution < 1.29 is 5.11 Å². The number of aliphatic hydroxyl groups is 1. The highest BCUT2D eigenvalue weighted by Crippen LogP contribution is 2.13. The van der Waals surface area contributed by atoms with Gasteiger partial charge in [-0.15, -0.1) is 11.8 Å². The van der Waals surface area contributed by atoms with Crippen LogP contribution in [-0.2, 0) is 14.1 Å². The zero-order chi connectivity index (χ0) is 12.3. The van der Waals surface area contributed by atoms with E-state index < -0.39 is 5.56 Å². The Morgan fingerprint density at radius 1 is 1.38 bits per heavy atom. The third-order valence-electron chi connectivity index (χ3n) is 2.14. The lowest BCUT2D eigenvalue weighted by atomic mass is 10.3. The van der Waals surface area contributed by atoms with Gasteiger partial charge in [0.15, 0.2) is 0 Å². The van der Waals surface area contributed by atoms with Crippen LogP contribution in [0.5, 0.6) is 0 Å². The largest absolute Gasteiger partial charge is 0.375 e. The average Bonchev–Trinajstić information content (AvgIpc) is 2.29. The molecule has 1 heterocycles. The zero-order valence-electron chi connectivity index (χ0n) is 9.30. The fourth-order valence-corrected chi connectivity index (χ4v) is 2.05. The standard InChI is InChI=1S/C9H13N3O3S/c1-11-7(14)6(4-10-5-13)8(16-3)12(2)9(11)15/h4,13H,5H2,1-3H3. The minimum absolute atomic E-state index is 0.311. The number of nitrogens with zero attached hydrogens (tertiary/aromatic N) is 3. The minimum Gasteiger partial charge on any atom is -0.375 e. The van der Waals surface area contributed by atoms with Gasteiger partial charge < -0.3 is 5.11 Å². The molecule has 1 aromatic heterocycles. The predicted octanol–water partition coefficient (Wildman–Crippen LogP) is -0.825. The Labute approximate surface area is 96.3 Å². The van der Waals surface area contributed by atoms with Crippen LogP contribution in [0.2, 0.25) is 0 Å². The van der Waals surface area contributed by atoms with E-state index in [4.69, 9.17) is 5.11 Å². The van der Waals surface area contributed by atoms with Crippen LogP contribution in [0.15, 0.2) is 19.6 Å². The maximum absolute atomic E-state index is 11.8. The monoisotopic (exact) mass is 243 g/mol. The van der Waals surface area contributed by atoms with Crippen LogP contribution in [0, 0.1) is 0 Å². The van der Waals surface area contributed by atoms with Crippen LogP contribution in [-0.4, -0.2) is 33.4 Å². The summed E-state index contributed by atoms with van der Waals surface area (Å²) in [5.74, 6) is 0. The van der Waals surface area contributed by atoms with Crippen molar-refractivity contribution >= 4 is 18.0 Å². The van der Waals surface area contributed by atoms with E-state index in [1.165, 1.54) is 29.6 Å². The van der Waals surface area contributed by atoms with Gasteiger partial charge in [-0.2, -0.15) is 0 Å². The number of hydrogen-bond acceptors (Lipinski definition) is 5. The van der Waals surface area contributed by atoms with Crippen LogP contribution >= 0.6 is 11.8 Å². The van der Waals surface area contributed by atoms with E-state index in [0.717, 1.165) is 4.57 Å². The van der Waals surface area contributed by atoms with Crippen LogP contribution in [0.4, 0.5) is 0 Å². The van der Waals surface area contributed by atoms with Gasteiger partial charge in [0.1, 0.15) is 6.73 Å². The molecule has 16 heavy (non-hydrogen) atoms. The summed E-state index contributed by atoms with van der Waals surface area (Å²) in [6.07, 6.45) is 3.05. The molecule has 0 saturated heterocycles. The smallest absolute Gasteiger partial charge is 0.331 e. The first-order valence-corrected chi connectivity index (χ1v) is 5.71. The summed E-state index contributed by atoms with van der Waals surface area (Å²) < 4.78 is 2.39. The maximum atomic E-state index is 11.8. The van der Waals surface area contributed by atoms with Crippen molar-refractivity contribution in [3.05, 3.63) is 26.4 Å². The minimum atomic E-state index is -0.412. The van der Waals surface area contributed by atoms with Gasteiger partial charge in [-0.05, 0) is 6.26 Å².